The van der Waals surface area contributed by atoms with Crippen LogP contribution in [0.5, 0.6) is 0 Å². The minimum absolute atomic E-state index is 1.03. The quantitative estimate of drug-likeness (QED) is 0.620. The van der Waals surface area contributed by atoms with Gasteiger partial charge in [-0.1, -0.05) is 13.8 Å². The maximum Gasteiger partial charge on any atom is 0.0216 e. The van der Waals surface area contributed by atoms with Crippen LogP contribution in [0.3, 0.4) is 0 Å². The van der Waals surface area contributed by atoms with E-state index in [-0.39, 0.29) is 0 Å². The molecule has 0 aromatic heterocycles. The van der Waals surface area contributed by atoms with Crippen LogP contribution in [0.15, 0.2) is 0 Å². The topological polar surface area (TPSA) is 6.48 Å². The van der Waals surface area contributed by atoms with Crippen molar-refractivity contribution in [1.29, 1.82) is 0 Å². The molecule has 82 valence electrons. The van der Waals surface area contributed by atoms with Crippen LogP contribution in [-0.2, 0) is 0 Å². The molecule has 0 aliphatic carbocycles. The molecule has 1 fully saturated rings. The first-order valence-electron chi connectivity index (χ1n) is 5.63. The summed E-state index contributed by atoms with van der Waals surface area (Å²) in [5.74, 6) is 6.03. The van der Waals surface area contributed by atoms with E-state index in [1.54, 1.807) is 0 Å². The fourth-order valence-electron chi connectivity index (χ4n) is 1.41. The van der Waals surface area contributed by atoms with E-state index < -0.39 is 0 Å². The molecule has 1 aliphatic rings. The zero-order valence-corrected chi connectivity index (χ0v) is 10.1. The number of likely N-dealkylation sites (N-methyl/N-ethyl adjacent to an activating group) is 1. The van der Waals surface area contributed by atoms with Gasteiger partial charge < -0.3 is 4.90 Å². The molecule has 0 aromatic carbocycles. The van der Waals surface area contributed by atoms with Crippen molar-refractivity contribution in [2.45, 2.75) is 27.2 Å². The zero-order chi connectivity index (χ0) is 10.8. The van der Waals surface area contributed by atoms with Gasteiger partial charge in [0.15, 0.2) is 0 Å². The Morgan fingerprint density at radius 1 is 1.07 bits per heavy atom. The Bertz CT molecular complexity index is 170. The standard InChI is InChI=1S/C10H18N2.C2H6/c1-3-4-5-6-12-9-7-11(2)8-10-12;1-2/h5-10H2,1-2H3;1-2H3. The summed E-state index contributed by atoms with van der Waals surface area (Å²) in [7, 11) is 2.18. The van der Waals surface area contributed by atoms with Crippen molar-refractivity contribution in [2.75, 3.05) is 39.8 Å². The van der Waals surface area contributed by atoms with Gasteiger partial charge in [-0.05, 0) is 14.0 Å². The van der Waals surface area contributed by atoms with Gasteiger partial charge in [-0.3, -0.25) is 4.90 Å². The van der Waals surface area contributed by atoms with Crippen molar-refractivity contribution in [2.24, 2.45) is 0 Å². The Balaban J connectivity index is 0.000000791. The molecule has 2 nitrogen and oxygen atoms in total. The van der Waals surface area contributed by atoms with Crippen molar-refractivity contribution in [3.05, 3.63) is 0 Å². The van der Waals surface area contributed by atoms with Crippen LogP contribution in [0.1, 0.15) is 27.2 Å². The molecule has 0 spiro atoms. The number of rotatable bonds is 2. The molecule has 0 atom stereocenters. The second kappa shape index (κ2) is 9.05. The summed E-state index contributed by atoms with van der Waals surface area (Å²) in [6.07, 6.45) is 1.03. The van der Waals surface area contributed by atoms with Crippen molar-refractivity contribution in [1.82, 2.24) is 9.80 Å². The molecule has 1 saturated heterocycles. The van der Waals surface area contributed by atoms with Crippen molar-refractivity contribution >= 4 is 0 Å². The lowest BCUT2D eigenvalue weighted by Gasteiger charge is -2.31. The van der Waals surface area contributed by atoms with Gasteiger partial charge in [0.1, 0.15) is 0 Å². The first kappa shape index (κ1) is 13.5. The molecule has 2 heteroatoms. The maximum atomic E-state index is 3.10. The summed E-state index contributed by atoms with van der Waals surface area (Å²) in [6, 6.07) is 0. The van der Waals surface area contributed by atoms with Crippen LogP contribution in [-0.4, -0.2) is 49.6 Å². The van der Waals surface area contributed by atoms with Gasteiger partial charge in [-0.15, -0.1) is 11.8 Å². The Hall–Kier alpha value is -0.520. The SMILES string of the molecule is CC.CC#CCCN1CCN(C)CC1. The summed E-state index contributed by atoms with van der Waals surface area (Å²) < 4.78 is 0. The van der Waals surface area contributed by atoms with Gasteiger partial charge in [0.05, 0.1) is 0 Å². The first-order chi connectivity index (χ1) is 6.83. The number of hydrogen-bond acceptors (Lipinski definition) is 2. The van der Waals surface area contributed by atoms with Crippen LogP contribution < -0.4 is 0 Å². The first-order valence-corrected chi connectivity index (χ1v) is 5.63. The van der Waals surface area contributed by atoms with E-state index in [1.165, 1.54) is 26.2 Å². The normalized spacial score (nSPS) is 17.7. The molecule has 0 N–H and O–H groups in total. The average molecular weight is 196 g/mol. The van der Waals surface area contributed by atoms with Crippen LogP contribution in [0.25, 0.3) is 0 Å². The molecule has 14 heavy (non-hydrogen) atoms. The zero-order valence-electron chi connectivity index (χ0n) is 10.1. The lowest BCUT2D eigenvalue weighted by molar-refractivity contribution is 0.157. The monoisotopic (exact) mass is 196 g/mol. The van der Waals surface area contributed by atoms with Crippen LogP contribution in [0.4, 0.5) is 0 Å². The average Bonchev–Trinajstić information content (AvgIpc) is 2.24. The third kappa shape index (κ3) is 6.01. The maximum absolute atomic E-state index is 3.10. The summed E-state index contributed by atoms with van der Waals surface area (Å²) in [5.41, 5.74) is 0. The van der Waals surface area contributed by atoms with Gasteiger partial charge in [0.25, 0.3) is 0 Å². The van der Waals surface area contributed by atoms with Crippen molar-refractivity contribution in [3.63, 3.8) is 0 Å². The lowest BCUT2D eigenvalue weighted by atomic mass is 10.3. The Labute approximate surface area is 89.3 Å². The Kier molecular flexibility index (Phi) is 8.72. The molecule has 0 aromatic rings. The van der Waals surface area contributed by atoms with Gasteiger partial charge in [0, 0.05) is 39.1 Å². The summed E-state index contributed by atoms with van der Waals surface area (Å²) >= 11 is 0. The van der Waals surface area contributed by atoms with Gasteiger partial charge >= 0.3 is 0 Å². The minimum Gasteiger partial charge on any atom is -0.304 e. The molecule has 0 unspecified atom stereocenters. The molecule has 1 rings (SSSR count). The third-order valence-corrected chi connectivity index (χ3v) is 2.33. The number of piperazine rings is 1. The predicted molar refractivity (Wildman–Crippen MR) is 63.4 cm³/mol. The lowest BCUT2D eigenvalue weighted by Crippen LogP contribution is -2.44. The summed E-state index contributed by atoms with van der Waals surface area (Å²) in [6.45, 7) is 11.9. The van der Waals surface area contributed by atoms with E-state index in [0.717, 1.165) is 13.0 Å². The fraction of sp³-hybridized carbons (Fsp3) is 0.833. The molecule has 0 amide bonds. The Morgan fingerprint density at radius 3 is 2.14 bits per heavy atom. The van der Waals surface area contributed by atoms with Crippen LogP contribution in [0, 0.1) is 11.8 Å². The molecular weight excluding hydrogens is 172 g/mol. The van der Waals surface area contributed by atoms with Crippen molar-refractivity contribution in [3.8, 4) is 11.8 Å². The molecule has 0 radical (unpaired) electrons. The minimum atomic E-state index is 1.03. The van der Waals surface area contributed by atoms with Gasteiger partial charge in [-0.2, -0.15) is 0 Å². The molecule has 1 aliphatic heterocycles. The van der Waals surface area contributed by atoms with E-state index in [4.69, 9.17) is 0 Å². The highest BCUT2D eigenvalue weighted by Gasteiger charge is 2.11. The number of nitrogens with zero attached hydrogens (tertiary/aromatic N) is 2. The second-order valence-electron chi connectivity index (χ2n) is 3.32. The predicted octanol–water partition coefficient (Wildman–Crippen LogP) is 1.67. The van der Waals surface area contributed by atoms with E-state index in [9.17, 15) is 0 Å². The van der Waals surface area contributed by atoms with E-state index in [1.807, 2.05) is 20.8 Å². The highest BCUT2D eigenvalue weighted by atomic mass is 15.2. The number of hydrogen-bond donors (Lipinski definition) is 0. The van der Waals surface area contributed by atoms with Crippen molar-refractivity contribution < 1.29 is 0 Å². The van der Waals surface area contributed by atoms with E-state index in [0.29, 0.717) is 0 Å². The van der Waals surface area contributed by atoms with Crippen LogP contribution in [0.2, 0.25) is 0 Å². The fourth-order valence-corrected chi connectivity index (χ4v) is 1.41. The highest BCUT2D eigenvalue weighted by Crippen LogP contribution is 1.99. The second-order valence-corrected chi connectivity index (χ2v) is 3.32. The van der Waals surface area contributed by atoms with Gasteiger partial charge in [-0.25, -0.2) is 0 Å². The largest absolute Gasteiger partial charge is 0.304 e. The highest BCUT2D eigenvalue weighted by molar-refractivity contribution is 4.95. The van der Waals surface area contributed by atoms with Gasteiger partial charge in [0.2, 0.25) is 0 Å². The molecule has 0 bridgehead atoms. The molecule has 1 heterocycles. The van der Waals surface area contributed by atoms with E-state index >= 15 is 0 Å². The summed E-state index contributed by atoms with van der Waals surface area (Å²) in [5, 5.41) is 0. The smallest absolute Gasteiger partial charge is 0.0216 e. The third-order valence-electron chi connectivity index (χ3n) is 2.33. The Morgan fingerprint density at radius 2 is 1.64 bits per heavy atom. The van der Waals surface area contributed by atoms with Crippen LogP contribution >= 0.6 is 0 Å². The molecule has 0 saturated carbocycles. The summed E-state index contributed by atoms with van der Waals surface area (Å²) in [4.78, 5) is 4.87. The molecular formula is C12H24N2. The van der Waals surface area contributed by atoms with E-state index in [2.05, 4.69) is 28.7 Å².